The third-order valence-corrected chi connectivity index (χ3v) is 3.81. The van der Waals surface area contributed by atoms with Crippen molar-refractivity contribution in [3.05, 3.63) is 47.8 Å². The van der Waals surface area contributed by atoms with Crippen LogP contribution in [0, 0.1) is 0 Å². The third kappa shape index (κ3) is 5.30. The van der Waals surface area contributed by atoms with Gasteiger partial charge in [-0.1, -0.05) is 12.1 Å². The van der Waals surface area contributed by atoms with Gasteiger partial charge in [0.05, 0.1) is 6.20 Å². The maximum absolute atomic E-state index is 12.5. The number of nitrogens with zero attached hydrogens (tertiary/aromatic N) is 3. The lowest BCUT2D eigenvalue weighted by molar-refractivity contribution is -0.184. The molecular weight excluding hydrogens is 363 g/mol. The Morgan fingerprint density at radius 1 is 1.33 bits per heavy atom. The van der Waals surface area contributed by atoms with Crippen molar-refractivity contribution in [2.24, 2.45) is 7.05 Å². The fourth-order valence-corrected chi connectivity index (χ4v) is 2.56. The summed E-state index contributed by atoms with van der Waals surface area (Å²) in [5.41, 5.74) is 1.54. The van der Waals surface area contributed by atoms with E-state index in [0.29, 0.717) is 21.7 Å². The van der Waals surface area contributed by atoms with Crippen LogP contribution in [0.15, 0.2) is 36.7 Å². The number of carbonyl (C=O) groups excluding carboxylic acids is 2. The molecule has 27 heavy (non-hydrogen) atoms. The molecule has 1 heterocycles. The minimum atomic E-state index is -4.93. The summed E-state index contributed by atoms with van der Waals surface area (Å²) in [6.45, 7) is -0.236. The Kier molecular flexibility index (Phi) is 6.21. The number of carbonyl (C=O) groups is 2. The second-order valence-electron chi connectivity index (χ2n) is 6.02. The lowest BCUT2D eigenvalue weighted by atomic mass is 10.1. The molecule has 0 saturated heterocycles. The van der Waals surface area contributed by atoms with Crippen molar-refractivity contribution in [1.29, 1.82) is 0 Å². The van der Waals surface area contributed by atoms with Gasteiger partial charge in [-0.2, -0.15) is 18.3 Å². The molecule has 2 N–H and O–H groups in total. The highest BCUT2D eigenvalue weighted by atomic mass is 19.4. The van der Waals surface area contributed by atoms with E-state index in [-0.39, 0.29) is 12.5 Å². The number of benzene rings is 1. The predicted molar refractivity (Wildman–Crippen MR) is 92.6 cm³/mol. The molecule has 0 radical (unpaired) electrons. The average Bonchev–Trinajstić information content (AvgIpc) is 3.00. The van der Waals surface area contributed by atoms with E-state index in [1.165, 1.54) is 6.07 Å². The average molecular weight is 383 g/mol. The van der Waals surface area contributed by atoms with Gasteiger partial charge in [0.15, 0.2) is 0 Å². The molecule has 2 rings (SSSR count). The number of alkyl halides is 3. The van der Waals surface area contributed by atoms with Gasteiger partial charge < -0.3 is 15.5 Å². The lowest BCUT2D eigenvalue weighted by Gasteiger charge is -2.19. The number of amides is 2. The van der Waals surface area contributed by atoms with Crippen LogP contribution in [-0.2, 0) is 23.2 Å². The quantitative estimate of drug-likeness (QED) is 0.798. The molecule has 0 aliphatic carbocycles. The van der Waals surface area contributed by atoms with Gasteiger partial charge in [0.1, 0.15) is 6.04 Å². The minimum Gasteiger partial charge on any atom is -0.334 e. The molecule has 2 amide bonds. The van der Waals surface area contributed by atoms with Crippen LogP contribution in [0.5, 0.6) is 0 Å². The highest BCUT2D eigenvalue weighted by molar-refractivity contribution is 5.95. The van der Waals surface area contributed by atoms with Gasteiger partial charge in [0.25, 0.3) is 0 Å². The Labute approximate surface area is 154 Å². The van der Waals surface area contributed by atoms with Crippen LogP contribution < -0.4 is 10.6 Å². The summed E-state index contributed by atoms with van der Waals surface area (Å²) in [6, 6.07) is 5.66. The van der Waals surface area contributed by atoms with Crippen LogP contribution in [0.2, 0.25) is 0 Å². The molecular formula is C17H20F3N5O2. The Morgan fingerprint density at radius 3 is 2.59 bits per heavy atom. The first-order valence-electron chi connectivity index (χ1n) is 7.99. The summed E-state index contributed by atoms with van der Waals surface area (Å²) in [5, 5.41) is 9.62. The SMILES string of the molecule is CNC(C(=O)Nc1cccc(CN(C)C(=O)C(F)(F)F)c1)c1cnn(C)c1. The molecule has 0 saturated carbocycles. The van der Waals surface area contributed by atoms with Crippen LogP contribution >= 0.6 is 0 Å². The molecule has 0 spiro atoms. The Morgan fingerprint density at radius 2 is 2.04 bits per heavy atom. The maximum Gasteiger partial charge on any atom is 0.471 e. The first-order valence-corrected chi connectivity index (χ1v) is 7.99. The highest BCUT2D eigenvalue weighted by Crippen LogP contribution is 2.20. The summed E-state index contributed by atoms with van der Waals surface area (Å²) in [7, 11) is 4.43. The zero-order chi connectivity index (χ0) is 20.2. The van der Waals surface area contributed by atoms with Crippen molar-refractivity contribution in [2.45, 2.75) is 18.8 Å². The van der Waals surface area contributed by atoms with Gasteiger partial charge in [0, 0.05) is 38.1 Å². The monoisotopic (exact) mass is 383 g/mol. The molecule has 1 aromatic heterocycles. The third-order valence-electron chi connectivity index (χ3n) is 3.81. The fourth-order valence-electron chi connectivity index (χ4n) is 2.56. The van der Waals surface area contributed by atoms with E-state index < -0.39 is 18.1 Å². The highest BCUT2D eigenvalue weighted by Gasteiger charge is 2.41. The Balaban J connectivity index is 2.08. The number of aryl methyl sites for hydroxylation is 1. The molecule has 146 valence electrons. The van der Waals surface area contributed by atoms with Gasteiger partial charge in [-0.3, -0.25) is 14.3 Å². The molecule has 0 aliphatic heterocycles. The van der Waals surface area contributed by atoms with E-state index >= 15 is 0 Å². The van der Waals surface area contributed by atoms with Crippen LogP contribution in [-0.4, -0.2) is 46.8 Å². The number of rotatable bonds is 6. The second-order valence-corrected chi connectivity index (χ2v) is 6.02. The summed E-state index contributed by atoms with van der Waals surface area (Å²) in [4.78, 5) is 24.3. The molecule has 0 aliphatic rings. The van der Waals surface area contributed by atoms with E-state index in [1.54, 1.807) is 49.4 Å². The van der Waals surface area contributed by atoms with Crippen molar-refractivity contribution >= 4 is 17.5 Å². The predicted octanol–water partition coefficient (Wildman–Crippen LogP) is 1.84. The van der Waals surface area contributed by atoms with Crippen LogP contribution in [0.1, 0.15) is 17.2 Å². The standard InChI is InChI=1S/C17H20F3N5O2/c1-21-14(12-8-22-25(3)10-12)15(26)23-13-6-4-5-11(7-13)9-24(2)16(27)17(18,19)20/h4-8,10,14,21H,9H2,1-3H3,(H,23,26). The van der Waals surface area contributed by atoms with E-state index in [4.69, 9.17) is 0 Å². The van der Waals surface area contributed by atoms with Crippen LogP contribution in [0.4, 0.5) is 18.9 Å². The normalized spacial score (nSPS) is 12.5. The number of nitrogens with one attached hydrogen (secondary N) is 2. The number of anilines is 1. The first-order chi connectivity index (χ1) is 12.6. The van der Waals surface area contributed by atoms with Crippen molar-refractivity contribution in [1.82, 2.24) is 20.0 Å². The minimum absolute atomic E-state index is 0.236. The summed E-state index contributed by atoms with van der Waals surface area (Å²) in [6.07, 6.45) is -1.66. The van der Waals surface area contributed by atoms with E-state index in [0.717, 1.165) is 7.05 Å². The topological polar surface area (TPSA) is 79.3 Å². The Hall–Kier alpha value is -2.88. The van der Waals surface area contributed by atoms with Gasteiger partial charge in [-0.05, 0) is 24.7 Å². The summed E-state index contributed by atoms with van der Waals surface area (Å²) in [5.74, 6) is -2.27. The number of aromatic nitrogens is 2. The molecule has 10 heteroatoms. The molecule has 1 unspecified atom stereocenters. The van der Waals surface area contributed by atoms with Crippen molar-refractivity contribution in [3.8, 4) is 0 Å². The summed E-state index contributed by atoms with van der Waals surface area (Å²) < 4.78 is 39.0. The molecule has 0 bridgehead atoms. The number of hydrogen-bond donors (Lipinski definition) is 2. The fraction of sp³-hybridized carbons (Fsp3) is 0.353. The first kappa shape index (κ1) is 20.4. The van der Waals surface area contributed by atoms with Crippen LogP contribution in [0.3, 0.4) is 0 Å². The van der Waals surface area contributed by atoms with Gasteiger partial charge in [-0.25, -0.2) is 0 Å². The smallest absolute Gasteiger partial charge is 0.334 e. The zero-order valence-electron chi connectivity index (χ0n) is 15.0. The van der Waals surface area contributed by atoms with E-state index in [9.17, 15) is 22.8 Å². The van der Waals surface area contributed by atoms with Crippen LogP contribution in [0.25, 0.3) is 0 Å². The lowest BCUT2D eigenvalue weighted by Crippen LogP contribution is -2.37. The van der Waals surface area contributed by atoms with Crippen molar-refractivity contribution in [2.75, 3.05) is 19.4 Å². The maximum atomic E-state index is 12.5. The molecule has 2 aromatic rings. The second kappa shape index (κ2) is 8.21. The molecule has 7 nitrogen and oxygen atoms in total. The molecule has 1 aromatic carbocycles. The number of likely N-dealkylation sites (N-methyl/N-ethyl adjacent to an activating group) is 1. The van der Waals surface area contributed by atoms with E-state index in [2.05, 4.69) is 15.7 Å². The van der Waals surface area contributed by atoms with E-state index in [1.807, 2.05) is 0 Å². The largest absolute Gasteiger partial charge is 0.471 e. The van der Waals surface area contributed by atoms with Gasteiger partial charge in [-0.15, -0.1) is 0 Å². The van der Waals surface area contributed by atoms with Crippen molar-refractivity contribution in [3.63, 3.8) is 0 Å². The zero-order valence-corrected chi connectivity index (χ0v) is 15.0. The Bertz CT molecular complexity index is 819. The summed E-state index contributed by atoms with van der Waals surface area (Å²) >= 11 is 0. The van der Waals surface area contributed by atoms with Gasteiger partial charge in [0.2, 0.25) is 5.91 Å². The van der Waals surface area contributed by atoms with Crippen molar-refractivity contribution < 1.29 is 22.8 Å². The molecule has 1 atom stereocenters. The van der Waals surface area contributed by atoms with Gasteiger partial charge >= 0.3 is 12.1 Å². The number of hydrogen-bond acceptors (Lipinski definition) is 4. The molecule has 0 fully saturated rings. The number of halogens is 3.